The summed E-state index contributed by atoms with van der Waals surface area (Å²) in [5, 5.41) is 17.4. The molecule has 0 aliphatic carbocycles. The average molecular weight is 348 g/mol. The molecule has 0 saturated heterocycles. The lowest BCUT2D eigenvalue weighted by Gasteiger charge is -2.18. The lowest BCUT2D eigenvalue weighted by atomic mass is 10.1. The Kier molecular flexibility index (Phi) is 6.01. The number of aliphatic hydroxyl groups is 1. The number of rotatable bonds is 7. The SMILES string of the molecule is CSc1ccc(-c2nc(CCNC(C)=O)n(CC(C)(C)O)n2)cc1. The fourth-order valence-corrected chi connectivity index (χ4v) is 2.67. The van der Waals surface area contributed by atoms with Crippen molar-refractivity contribution in [2.45, 2.75) is 44.2 Å². The number of aromatic nitrogens is 3. The van der Waals surface area contributed by atoms with Gasteiger partial charge in [0.2, 0.25) is 5.91 Å². The highest BCUT2D eigenvalue weighted by molar-refractivity contribution is 7.98. The van der Waals surface area contributed by atoms with E-state index in [2.05, 4.69) is 15.4 Å². The molecule has 2 rings (SSSR count). The van der Waals surface area contributed by atoms with Crippen molar-refractivity contribution in [2.24, 2.45) is 0 Å². The minimum atomic E-state index is -0.892. The second-order valence-electron chi connectivity index (χ2n) is 6.28. The molecule has 0 aliphatic heterocycles. The Bertz CT molecular complexity index is 690. The number of hydrogen-bond acceptors (Lipinski definition) is 5. The fraction of sp³-hybridized carbons (Fsp3) is 0.471. The van der Waals surface area contributed by atoms with Crippen LogP contribution in [0.3, 0.4) is 0 Å². The van der Waals surface area contributed by atoms with Gasteiger partial charge in [0.05, 0.1) is 12.1 Å². The van der Waals surface area contributed by atoms with Crippen LogP contribution in [0.15, 0.2) is 29.2 Å². The van der Waals surface area contributed by atoms with Crippen LogP contribution in [0, 0.1) is 0 Å². The Hall–Kier alpha value is -1.86. The van der Waals surface area contributed by atoms with Gasteiger partial charge >= 0.3 is 0 Å². The summed E-state index contributed by atoms with van der Waals surface area (Å²) in [7, 11) is 0. The van der Waals surface area contributed by atoms with E-state index < -0.39 is 5.60 Å². The Balaban J connectivity index is 2.26. The monoisotopic (exact) mass is 348 g/mol. The molecular formula is C17H24N4O2S. The number of amides is 1. The van der Waals surface area contributed by atoms with Crippen LogP contribution in [0.2, 0.25) is 0 Å². The molecule has 0 aliphatic rings. The van der Waals surface area contributed by atoms with E-state index in [1.807, 2.05) is 30.5 Å². The number of benzene rings is 1. The molecule has 2 aromatic rings. The minimum absolute atomic E-state index is 0.0727. The van der Waals surface area contributed by atoms with Gasteiger partial charge < -0.3 is 10.4 Å². The summed E-state index contributed by atoms with van der Waals surface area (Å²) in [5.41, 5.74) is 0.0410. The number of carbonyl (C=O) groups excluding carboxylic acids is 1. The first-order chi connectivity index (χ1) is 11.3. The van der Waals surface area contributed by atoms with E-state index in [4.69, 9.17) is 0 Å². The molecule has 0 bridgehead atoms. The zero-order valence-corrected chi connectivity index (χ0v) is 15.4. The van der Waals surface area contributed by atoms with Crippen LogP contribution < -0.4 is 5.32 Å². The molecule has 1 amide bonds. The number of nitrogens with zero attached hydrogens (tertiary/aromatic N) is 3. The summed E-state index contributed by atoms with van der Waals surface area (Å²) in [6.45, 7) is 5.79. The van der Waals surface area contributed by atoms with E-state index in [-0.39, 0.29) is 5.91 Å². The highest BCUT2D eigenvalue weighted by Crippen LogP contribution is 2.21. The second-order valence-corrected chi connectivity index (χ2v) is 7.16. The van der Waals surface area contributed by atoms with Crippen LogP contribution in [0.4, 0.5) is 0 Å². The van der Waals surface area contributed by atoms with Gasteiger partial charge in [-0.1, -0.05) is 12.1 Å². The molecule has 0 radical (unpaired) electrons. The van der Waals surface area contributed by atoms with E-state index in [0.29, 0.717) is 25.3 Å². The minimum Gasteiger partial charge on any atom is -0.389 e. The Morgan fingerprint density at radius 1 is 1.33 bits per heavy atom. The summed E-state index contributed by atoms with van der Waals surface area (Å²) in [6.07, 6.45) is 2.59. The van der Waals surface area contributed by atoms with Gasteiger partial charge in [-0.2, -0.15) is 5.10 Å². The third kappa shape index (κ3) is 5.35. The van der Waals surface area contributed by atoms with Gasteiger partial charge in [0, 0.05) is 30.3 Å². The summed E-state index contributed by atoms with van der Waals surface area (Å²) in [6, 6.07) is 8.06. The average Bonchev–Trinajstić information content (AvgIpc) is 2.88. The van der Waals surface area contributed by atoms with Crippen molar-refractivity contribution in [2.75, 3.05) is 12.8 Å². The first-order valence-corrected chi connectivity index (χ1v) is 9.06. The predicted molar refractivity (Wildman–Crippen MR) is 95.9 cm³/mol. The third-order valence-electron chi connectivity index (χ3n) is 3.36. The zero-order chi connectivity index (χ0) is 17.7. The van der Waals surface area contributed by atoms with Gasteiger partial charge in [-0.15, -0.1) is 11.8 Å². The molecule has 1 aromatic carbocycles. The Morgan fingerprint density at radius 3 is 2.54 bits per heavy atom. The van der Waals surface area contributed by atoms with Gasteiger partial charge in [-0.3, -0.25) is 4.79 Å². The van der Waals surface area contributed by atoms with E-state index in [0.717, 1.165) is 11.4 Å². The Morgan fingerprint density at radius 2 is 2.00 bits per heavy atom. The molecule has 0 unspecified atom stereocenters. The van der Waals surface area contributed by atoms with Crippen molar-refractivity contribution in [3.63, 3.8) is 0 Å². The fourth-order valence-electron chi connectivity index (χ4n) is 2.27. The third-order valence-corrected chi connectivity index (χ3v) is 4.10. The van der Waals surface area contributed by atoms with Crippen molar-refractivity contribution < 1.29 is 9.90 Å². The molecule has 130 valence electrons. The zero-order valence-electron chi connectivity index (χ0n) is 14.5. The summed E-state index contributed by atoms with van der Waals surface area (Å²) >= 11 is 1.68. The summed E-state index contributed by atoms with van der Waals surface area (Å²) < 4.78 is 1.72. The molecule has 0 spiro atoms. The van der Waals surface area contributed by atoms with Gasteiger partial charge in [-0.05, 0) is 32.2 Å². The van der Waals surface area contributed by atoms with Crippen LogP contribution in [0.25, 0.3) is 11.4 Å². The van der Waals surface area contributed by atoms with E-state index in [1.165, 1.54) is 11.8 Å². The van der Waals surface area contributed by atoms with Crippen LogP contribution >= 0.6 is 11.8 Å². The topological polar surface area (TPSA) is 80.0 Å². The summed E-state index contributed by atoms with van der Waals surface area (Å²) in [4.78, 5) is 16.8. The molecule has 6 nitrogen and oxygen atoms in total. The second kappa shape index (κ2) is 7.81. The lowest BCUT2D eigenvalue weighted by Crippen LogP contribution is -2.29. The van der Waals surface area contributed by atoms with Gasteiger partial charge in [0.1, 0.15) is 5.82 Å². The van der Waals surface area contributed by atoms with Crippen LogP contribution in [0.5, 0.6) is 0 Å². The molecule has 0 fully saturated rings. The van der Waals surface area contributed by atoms with Crippen molar-refractivity contribution in [3.8, 4) is 11.4 Å². The highest BCUT2D eigenvalue weighted by Gasteiger charge is 2.19. The van der Waals surface area contributed by atoms with Crippen LogP contribution in [-0.2, 0) is 17.8 Å². The largest absolute Gasteiger partial charge is 0.389 e. The van der Waals surface area contributed by atoms with E-state index in [1.54, 1.807) is 30.3 Å². The summed E-state index contributed by atoms with van der Waals surface area (Å²) in [5.74, 6) is 1.30. The van der Waals surface area contributed by atoms with E-state index >= 15 is 0 Å². The van der Waals surface area contributed by atoms with Gasteiger partial charge in [0.25, 0.3) is 0 Å². The van der Waals surface area contributed by atoms with Crippen molar-refractivity contribution >= 4 is 17.7 Å². The lowest BCUT2D eigenvalue weighted by molar-refractivity contribution is -0.118. The smallest absolute Gasteiger partial charge is 0.216 e. The first-order valence-electron chi connectivity index (χ1n) is 7.83. The number of carbonyl (C=O) groups is 1. The molecule has 1 heterocycles. The normalized spacial score (nSPS) is 11.5. The number of nitrogens with one attached hydrogen (secondary N) is 1. The maximum absolute atomic E-state index is 11.0. The van der Waals surface area contributed by atoms with Crippen molar-refractivity contribution in [1.82, 2.24) is 20.1 Å². The quantitative estimate of drug-likeness (QED) is 0.749. The molecule has 0 saturated carbocycles. The maximum Gasteiger partial charge on any atom is 0.216 e. The molecule has 2 N–H and O–H groups in total. The molecular weight excluding hydrogens is 324 g/mol. The predicted octanol–water partition coefficient (Wildman–Crippen LogP) is 2.12. The van der Waals surface area contributed by atoms with Crippen LogP contribution in [-0.4, -0.2) is 44.2 Å². The van der Waals surface area contributed by atoms with Crippen molar-refractivity contribution in [3.05, 3.63) is 30.1 Å². The number of thioether (sulfide) groups is 1. The van der Waals surface area contributed by atoms with Crippen molar-refractivity contribution in [1.29, 1.82) is 0 Å². The van der Waals surface area contributed by atoms with Crippen LogP contribution in [0.1, 0.15) is 26.6 Å². The molecule has 24 heavy (non-hydrogen) atoms. The van der Waals surface area contributed by atoms with Gasteiger partial charge in [-0.25, -0.2) is 9.67 Å². The first kappa shape index (κ1) is 18.5. The standard InChI is InChI=1S/C17H24N4O2S/c1-12(22)18-10-9-15-19-16(20-21(15)11-17(2,3)23)13-5-7-14(24-4)8-6-13/h5-8,23H,9-11H2,1-4H3,(H,18,22). The van der Waals surface area contributed by atoms with Gasteiger partial charge in [0.15, 0.2) is 5.82 Å². The van der Waals surface area contributed by atoms with E-state index in [9.17, 15) is 9.90 Å². The molecule has 1 aromatic heterocycles. The number of hydrogen-bond donors (Lipinski definition) is 2. The Labute approximate surface area is 146 Å². The molecule has 7 heteroatoms. The maximum atomic E-state index is 11.0. The highest BCUT2D eigenvalue weighted by atomic mass is 32.2. The molecule has 0 atom stereocenters.